The third-order valence-corrected chi connectivity index (χ3v) is 3.94. The van der Waals surface area contributed by atoms with Gasteiger partial charge in [0, 0.05) is 0 Å². The molecule has 0 spiro atoms. The summed E-state index contributed by atoms with van der Waals surface area (Å²) < 4.78 is 22.1. The number of carbonyl (C=O) groups is 1. The lowest BCUT2D eigenvalue weighted by Gasteiger charge is -2.30. The number of esters is 1. The van der Waals surface area contributed by atoms with Crippen molar-refractivity contribution in [3.63, 3.8) is 0 Å². The average molecular weight is 354 g/mol. The Morgan fingerprint density at radius 2 is 1.27 bits per heavy atom. The summed E-state index contributed by atoms with van der Waals surface area (Å²) in [6.07, 6.45) is -1.40. The first-order chi connectivity index (χ1) is 12.7. The molecule has 1 saturated heterocycles. The molecule has 1 fully saturated rings. The minimum absolute atomic E-state index is 0.115. The first-order valence-electron chi connectivity index (χ1n) is 8.51. The van der Waals surface area contributed by atoms with Gasteiger partial charge in [-0.05, 0) is 11.1 Å². The van der Waals surface area contributed by atoms with Crippen molar-refractivity contribution in [2.75, 3.05) is 13.2 Å². The Morgan fingerprint density at radius 1 is 0.769 bits per heavy atom. The molecule has 0 unspecified atom stereocenters. The topological polar surface area (TPSA) is 54.0 Å². The van der Waals surface area contributed by atoms with Crippen molar-refractivity contribution in [2.24, 2.45) is 0 Å². The molecular formula is C21H22O5. The summed E-state index contributed by atoms with van der Waals surface area (Å²) in [5.41, 5.74) is 2.08. The van der Waals surface area contributed by atoms with Crippen LogP contribution >= 0.6 is 0 Å². The molecule has 2 aromatic carbocycles. The van der Waals surface area contributed by atoms with Crippen LogP contribution in [0, 0.1) is 0 Å². The molecule has 0 amide bonds. The lowest BCUT2D eigenvalue weighted by atomic mass is 10.2. The van der Waals surface area contributed by atoms with Crippen molar-refractivity contribution in [1.29, 1.82) is 0 Å². The lowest BCUT2D eigenvalue weighted by Crippen LogP contribution is -2.42. The molecule has 1 aliphatic rings. The Hall–Kier alpha value is -2.63. The van der Waals surface area contributed by atoms with E-state index >= 15 is 0 Å². The second kappa shape index (κ2) is 9.17. The number of rotatable bonds is 8. The molecule has 0 aliphatic carbocycles. The number of hydrogen-bond donors (Lipinski definition) is 0. The monoisotopic (exact) mass is 354 g/mol. The molecule has 2 aromatic rings. The number of hydrogen-bond acceptors (Lipinski definition) is 5. The van der Waals surface area contributed by atoms with Gasteiger partial charge in [-0.25, -0.2) is 4.79 Å². The molecule has 5 heteroatoms. The molecule has 2 atom stereocenters. The first kappa shape index (κ1) is 18.2. The van der Waals surface area contributed by atoms with Crippen LogP contribution in [0.3, 0.4) is 0 Å². The van der Waals surface area contributed by atoms with E-state index in [4.69, 9.17) is 18.9 Å². The van der Waals surface area contributed by atoms with Crippen LogP contribution in [0.2, 0.25) is 0 Å². The fourth-order valence-corrected chi connectivity index (χ4v) is 2.53. The molecule has 0 N–H and O–H groups in total. The van der Waals surface area contributed by atoms with Crippen molar-refractivity contribution < 1.29 is 23.7 Å². The number of ether oxygens (including phenoxy) is 4. The number of carbonyl (C=O) groups excluding carboxylic acids is 1. The molecule has 1 heterocycles. The van der Waals surface area contributed by atoms with Crippen LogP contribution in [0.4, 0.5) is 0 Å². The summed E-state index contributed by atoms with van der Waals surface area (Å²) in [6.45, 7) is 5.00. The van der Waals surface area contributed by atoms with Gasteiger partial charge in [-0.3, -0.25) is 0 Å². The van der Waals surface area contributed by atoms with Crippen molar-refractivity contribution in [1.82, 2.24) is 0 Å². The standard InChI is InChI=1S/C21H22O5/c1-16-19(14-23-12-17-8-4-2-5-9-17)26-21(22)20(25-16)15-24-13-18-10-6-3-7-11-18/h2-11,19-20H,1,12-15H2/t19-,20-/m0/s1. The summed E-state index contributed by atoms with van der Waals surface area (Å²) in [6, 6.07) is 19.5. The van der Waals surface area contributed by atoms with Gasteiger partial charge in [0.1, 0.15) is 5.76 Å². The van der Waals surface area contributed by atoms with Gasteiger partial charge in [0.25, 0.3) is 0 Å². The van der Waals surface area contributed by atoms with E-state index in [1.165, 1.54) is 0 Å². The van der Waals surface area contributed by atoms with Crippen LogP contribution in [0.5, 0.6) is 0 Å². The summed E-state index contributed by atoms with van der Waals surface area (Å²) in [4.78, 5) is 12.1. The zero-order valence-electron chi connectivity index (χ0n) is 14.5. The predicted molar refractivity (Wildman–Crippen MR) is 96.1 cm³/mol. The fraction of sp³-hybridized carbons (Fsp3) is 0.286. The summed E-state index contributed by atoms with van der Waals surface area (Å²) >= 11 is 0. The molecule has 1 aliphatic heterocycles. The number of benzene rings is 2. The Balaban J connectivity index is 1.40. The Kier molecular flexibility index (Phi) is 6.41. The maximum atomic E-state index is 12.1. The van der Waals surface area contributed by atoms with Crippen LogP contribution in [-0.2, 0) is 37.0 Å². The van der Waals surface area contributed by atoms with Crippen LogP contribution in [0.25, 0.3) is 0 Å². The van der Waals surface area contributed by atoms with E-state index < -0.39 is 18.2 Å². The maximum absolute atomic E-state index is 12.1. The van der Waals surface area contributed by atoms with Gasteiger partial charge in [-0.2, -0.15) is 0 Å². The SMILES string of the molecule is C=C1O[C@@H](COCc2ccccc2)C(=O)O[C@H]1COCc1ccccc1. The van der Waals surface area contributed by atoms with Crippen LogP contribution in [-0.4, -0.2) is 31.4 Å². The second-order valence-corrected chi connectivity index (χ2v) is 6.00. The van der Waals surface area contributed by atoms with Gasteiger partial charge in [0.05, 0.1) is 26.4 Å². The van der Waals surface area contributed by atoms with Crippen LogP contribution in [0.1, 0.15) is 11.1 Å². The second-order valence-electron chi connectivity index (χ2n) is 6.00. The van der Waals surface area contributed by atoms with E-state index in [1.54, 1.807) is 0 Å². The Bertz CT molecular complexity index is 650. The normalized spacial score (nSPS) is 19.7. The average Bonchev–Trinajstić information content (AvgIpc) is 2.67. The van der Waals surface area contributed by atoms with E-state index in [1.807, 2.05) is 60.7 Å². The smallest absolute Gasteiger partial charge is 0.350 e. The molecule has 0 aromatic heterocycles. The largest absolute Gasteiger partial charge is 0.477 e. The first-order valence-corrected chi connectivity index (χ1v) is 8.51. The molecule has 3 rings (SSSR count). The van der Waals surface area contributed by atoms with Gasteiger partial charge in [0.15, 0.2) is 6.10 Å². The third-order valence-electron chi connectivity index (χ3n) is 3.94. The molecule has 5 nitrogen and oxygen atoms in total. The molecule has 0 radical (unpaired) electrons. The summed E-state index contributed by atoms with van der Waals surface area (Å²) in [7, 11) is 0. The van der Waals surface area contributed by atoms with Crippen molar-refractivity contribution in [3.8, 4) is 0 Å². The quantitative estimate of drug-likeness (QED) is 0.681. The highest BCUT2D eigenvalue weighted by Gasteiger charge is 2.34. The molecule has 0 saturated carbocycles. The third kappa shape index (κ3) is 5.18. The van der Waals surface area contributed by atoms with Gasteiger partial charge < -0.3 is 18.9 Å². The molecule has 26 heavy (non-hydrogen) atoms. The highest BCUT2D eigenvalue weighted by Crippen LogP contribution is 2.19. The minimum atomic E-state index is -0.795. The van der Waals surface area contributed by atoms with Crippen molar-refractivity contribution in [2.45, 2.75) is 25.4 Å². The Morgan fingerprint density at radius 3 is 1.81 bits per heavy atom. The fourth-order valence-electron chi connectivity index (χ4n) is 2.53. The van der Waals surface area contributed by atoms with E-state index in [2.05, 4.69) is 6.58 Å². The Labute approximate surface area is 153 Å². The molecule has 136 valence electrons. The number of cyclic esters (lactones) is 1. The van der Waals surface area contributed by atoms with Gasteiger partial charge >= 0.3 is 5.97 Å². The van der Waals surface area contributed by atoms with Gasteiger partial charge in [-0.1, -0.05) is 67.2 Å². The highest BCUT2D eigenvalue weighted by atomic mass is 16.6. The zero-order valence-corrected chi connectivity index (χ0v) is 14.5. The summed E-state index contributed by atoms with van der Waals surface area (Å²) in [5.74, 6) is -0.0789. The molecule has 0 bridgehead atoms. The predicted octanol–water partition coefficient (Wildman–Crippen LogP) is 3.24. The van der Waals surface area contributed by atoms with Crippen molar-refractivity contribution >= 4 is 5.97 Å². The van der Waals surface area contributed by atoms with Gasteiger partial charge in [-0.15, -0.1) is 0 Å². The van der Waals surface area contributed by atoms with E-state index in [-0.39, 0.29) is 13.2 Å². The maximum Gasteiger partial charge on any atom is 0.350 e. The highest BCUT2D eigenvalue weighted by molar-refractivity contribution is 5.76. The zero-order chi connectivity index (χ0) is 18.2. The van der Waals surface area contributed by atoms with Crippen LogP contribution < -0.4 is 0 Å². The lowest BCUT2D eigenvalue weighted by molar-refractivity contribution is -0.181. The van der Waals surface area contributed by atoms with Crippen LogP contribution in [0.15, 0.2) is 73.0 Å². The van der Waals surface area contributed by atoms with E-state index in [0.717, 1.165) is 11.1 Å². The minimum Gasteiger partial charge on any atom is -0.477 e. The van der Waals surface area contributed by atoms with Crippen molar-refractivity contribution in [3.05, 3.63) is 84.1 Å². The van der Waals surface area contributed by atoms with Gasteiger partial charge in [0.2, 0.25) is 6.10 Å². The van der Waals surface area contributed by atoms with E-state index in [9.17, 15) is 4.79 Å². The summed E-state index contributed by atoms with van der Waals surface area (Å²) in [5, 5.41) is 0. The van der Waals surface area contributed by atoms with E-state index in [0.29, 0.717) is 19.0 Å². The molecular weight excluding hydrogens is 332 g/mol.